The molecular formula is C12H37N3. The minimum atomic E-state index is 0. The quantitative estimate of drug-likeness (QED) is 0.651. The van der Waals surface area contributed by atoms with Gasteiger partial charge in [-0.2, -0.15) is 0 Å². The minimum absolute atomic E-state index is 0. The highest BCUT2D eigenvalue weighted by atomic mass is 15.1. The molecule has 0 radical (unpaired) electrons. The van der Waals surface area contributed by atoms with Gasteiger partial charge in [0.15, 0.2) is 0 Å². The highest BCUT2D eigenvalue weighted by molar-refractivity contribution is 4.54. The van der Waals surface area contributed by atoms with Crippen molar-refractivity contribution in [1.82, 2.24) is 10.2 Å². The third kappa shape index (κ3) is 24.8. The zero-order valence-electron chi connectivity index (χ0n) is 7.77. The summed E-state index contributed by atoms with van der Waals surface area (Å²) in [7, 11) is 2.10. The Balaban J connectivity index is -0.0000000833. The van der Waals surface area contributed by atoms with E-state index < -0.39 is 0 Å². The Bertz CT molecular complexity index is 77.3. The zero-order valence-corrected chi connectivity index (χ0v) is 7.77. The van der Waals surface area contributed by atoms with Crippen LogP contribution in [-0.4, -0.2) is 44.7 Å². The molecule has 3 heteroatoms. The Kier molecular flexibility index (Phi) is 46.2. The smallest absolute Gasteiger partial charge is 0.0104 e. The van der Waals surface area contributed by atoms with Crippen molar-refractivity contribution in [3.05, 3.63) is 0 Å². The van der Waals surface area contributed by atoms with Crippen LogP contribution in [0.4, 0.5) is 0 Å². The molecule has 0 rings (SSSR count). The van der Waals surface area contributed by atoms with E-state index in [9.17, 15) is 0 Å². The first-order chi connectivity index (χ1) is 5.31. The lowest BCUT2D eigenvalue weighted by Gasteiger charge is -2.14. The lowest BCUT2D eigenvalue weighted by atomic mass is 10.4. The SMILES string of the molecule is C.C.C.C.CCCNCCN(C)CCN. The standard InChI is InChI=1S/C8H21N3.4CH4/c1-3-5-10-6-8-11(2)7-4-9;;;;/h10H,3-9H2,1-2H3;4*1H4. The summed E-state index contributed by atoms with van der Waals surface area (Å²) in [4.78, 5) is 2.24. The Labute approximate surface area is 99.4 Å². The average molecular weight is 223 g/mol. The van der Waals surface area contributed by atoms with Gasteiger partial charge >= 0.3 is 0 Å². The Morgan fingerprint density at radius 3 is 1.93 bits per heavy atom. The molecule has 0 fully saturated rings. The molecule has 0 amide bonds. The van der Waals surface area contributed by atoms with E-state index in [1.54, 1.807) is 0 Å². The van der Waals surface area contributed by atoms with Gasteiger partial charge in [0.05, 0.1) is 0 Å². The second-order valence-electron chi connectivity index (χ2n) is 2.84. The van der Waals surface area contributed by atoms with Crippen LogP contribution in [-0.2, 0) is 0 Å². The predicted molar refractivity (Wildman–Crippen MR) is 76.6 cm³/mol. The summed E-state index contributed by atoms with van der Waals surface area (Å²) in [6.07, 6.45) is 1.21. The van der Waals surface area contributed by atoms with Crippen LogP contribution in [0.5, 0.6) is 0 Å². The van der Waals surface area contributed by atoms with Crippen molar-refractivity contribution in [3.8, 4) is 0 Å². The Morgan fingerprint density at radius 1 is 1.00 bits per heavy atom. The number of nitrogens with two attached hydrogens (primary N) is 1. The molecule has 0 spiro atoms. The number of nitrogens with zero attached hydrogens (tertiary/aromatic N) is 1. The molecule has 3 N–H and O–H groups in total. The third-order valence-corrected chi connectivity index (χ3v) is 1.61. The maximum atomic E-state index is 5.40. The summed E-state index contributed by atoms with van der Waals surface area (Å²) >= 11 is 0. The highest BCUT2D eigenvalue weighted by Gasteiger charge is 1.93. The lowest BCUT2D eigenvalue weighted by Crippen LogP contribution is -2.32. The van der Waals surface area contributed by atoms with Gasteiger partial charge in [0, 0.05) is 26.2 Å². The molecule has 0 saturated carbocycles. The first-order valence-electron chi connectivity index (χ1n) is 4.40. The van der Waals surface area contributed by atoms with Gasteiger partial charge in [-0.1, -0.05) is 36.6 Å². The van der Waals surface area contributed by atoms with E-state index in [4.69, 9.17) is 5.73 Å². The van der Waals surface area contributed by atoms with E-state index in [2.05, 4.69) is 24.2 Å². The first kappa shape index (κ1) is 29.4. The van der Waals surface area contributed by atoms with E-state index in [1.165, 1.54) is 6.42 Å². The average Bonchev–Trinajstić information content (AvgIpc) is 1.99. The van der Waals surface area contributed by atoms with Crippen molar-refractivity contribution >= 4 is 0 Å². The topological polar surface area (TPSA) is 41.3 Å². The highest BCUT2D eigenvalue weighted by Crippen LogP contribution is 1.77. The molecule has 0 aliphatic carbocycles. The van der Waals surface area contributed by atoms with Crippen LogP contribution >= 0.6 is 0 Å². The molecule has 0 heterocycles. The molecule has 0 aliphatic rings. The summed E-state index contributed by atoms with van der Waals surface area (Å²) in [5.74, 6) is 0. The van der Waals surface area contributed by atoms with Crippen LogP contribution in [0.3, 0.4) is 0 Å². The van der Waals surface area contributed by atoms with Gasteiger partial charge in [-0.3, -0.25) is 0 Å². The third-order valence-electron chi connectivity index (χ3n) is 1.61. The molecule has 3 nitrogen and oxygen atoms in total. The van der Waals surface area contributed by atoms with Gasteiger partial charge < -0.3 is 16.0 Å². The molecule has 15 heavy (non-hydrogen) atoms. The Morgan fingerprint density at radius 2 is 1.53 bits per heavy atom. The molecule has 0 atom stereocenters. The molecule has 0 aromatic carbocycles. The minimum Gasteiger partial charge on any atom is -0.329 e. The maximum Gasteiger partial charge on any atom is 0.0104 e. The molecule has 0 bridgehead atoms. The lowest BCUT2D eigenvalue weighted by molar-refractivity contribution is 0.340. The number of rotatable bonds is 7. The Hall–Kier alpha value is -0.120. The predicted octanol–water partition coefficient (Wildman–Crippen LogP) is 2.42. The number of likely N-dealkylation sites (N-methyl/N-ethyl adjacent to an activating group) is 1. The maximum absolute atomic E-state index is 5.40. The van der Waals surface area contributed by atoms with Crippen molar-refractivity contribution in [2.45, 2.75) is 43.1 Å². The first-order valence-corrected chi connectivity index (χ1v) is 4.40. The van der Waals surface area contributed by atoms with Crippen molar-refractivity contribution in [3.63, 3.8) is 0 Å². The second-order valence-corrected chi connectivity index (χ2v) is 2.84. The van der Waals surface area contributed by atoms with Crippen LogP contribution < -0.4 is 11.1 Å². The second kappa shape index (κ2) is 23.6. The molecule has 0 aromatic rings. The van der Waals surface area contributed by atoms with Crippen LogP contribution in [0, 0.1) is 0 Å². The summed E-state index contributed by atoms with van der Waals surface area (Å²) in [6.45, 7) is 7.21. The van der Waals surface area contributed by atoms with E-state index in [0.717, 1.165) is 32.7 Å². The van der Waals surface area contributed by atoms with Crippen LogP contribution in [0.2, 0.25) is 0 Å². The van der Waals surface area contributed by atoms with Gasteiger partial charge in [0.25, 0.3) is 0 Å². The summed E-state index contributed by atoms with van der Waals surface area (Å²) < 4.78 is 0. The van der Waals surface area contributed by atoms with Crippen molar-refractivity contribution in [2.24, 2.45) is 5.73 Å². The molecule has 0 saturated heterocycles. The van der Waals surface area contributed by atoms with E-state index in [-0.39, 0.29) is 29.7 Å². The number of hydrogen-bond donors (Lipinski definition) is 2. The fourth-order valence-electron chi connectivity index (χ4n) is 0.904. The fraction of sp³-hybridized carbons (Fsp3) is 1.00. The summed E-state index contributed by atoms with van der Waals surface area (Å²) in [5, 5.41) is 3.34. The van der Waals surface area contributed by atoms with Gasteiger partial charge in [-0.25, -0.2) is 0 Å². The van der Waals surface area contributed by atoms with Gasteiger partial charge in [0.2, 0.25) is 0 Å². The van der Waals surface area contributed by atoms with Gasteiger partial charge in [-0.05, 0) is 20.0 Å². The number of nitrogens with one attached hydrogen (secondary N) is 1. The molecular weight excluding hydrogens is 186 g/mol. The van der Waals surface area contributed by atoms with Crippen LogP contribution in [0.25, 0.3) is 0 Å². The monoisotopic (exact) mass is 223 g/mol. The zero-order chi connectivity index (χ0) is 8.53. The fourth-order valence-corrected chi connectivity index (χ4v) is 0.904. The normalized spacial score (nSPS) is 8.00. The molecule has 0 unspecified atom stereocenters. The van der Waals surface area contributed by atoms with E-state index in [1.807, 2.05) is 0 Å². The largest absolute Gasteiger partial charge is 0.329 e. The van der Waals surface area contributed by atoms with Crippen LogP contribution in [0.15, 0.2) is 0 Å². The van der Waals surface area contributed by atoms with Crippen molar-refractivity contribution in [1.29, 1.82) is 0 Å². The van der Waals surface area contributed by atoms with E-state index >= 15 is 0 Å². The summed E-state index contributed by atoms with van der Waals surface area (Å²) in [5.41, 5.74) is 5.40. The molecule has 0 aliphatic heterocycles. The van der Waals surface area contributed by atoms with E-state index in [0.29, 0.717) is 0 Å². The molecule has 100 valence electrons. The van der Waals surface area contributed by atoms with Gasteiger partial charge in [-0.15, -0.1) is 0 Å². The molecule has 0 aromatic heterocycles. The van der Waals surface area contributed by atoms with Crippen LogP contribution in [0.1, 0.15) is 43.1 Å². The number of hydrogen-bond acceptors (Lipinski definition) is 3. The van der Waals surface area contributed by atoms with Gasteiger partial charge in [0.1, 0.15) is 0 Å². The summed E-state index contributed by atoms with van der Waals surface area (Å²) in [6, 6.07) is 0. The van der Waals surface area contributed by atoms with Crippen molar-refractivity contribution < 1.29 is 0 Å². The van der Waals surface area contributed by atoms with Crippen molar-refractivity contribution in [2.75, 3.05) is 39.8 Å².